The van der Waals surface area contributed by atoms with Crippen molar-refractivity contribution >= 4 is 28.0 Å². The lowest BCUT2D eigenvalue weighted by atomic mass is 9.88. The average Bonchev–Trinajstić information content (AvgIpc) is 3.40. The number of rotatable bonds is 18. The predicted octanol–water partition coefficient (Wildman–Crippen LogP) is 7.85. The number of fused-ring (bicyclic) bond motifs is 1. The minimum absolute atomic E-state index is 0.0164. The SMILES string of the molecule is CCC(=O)O[C@H](CC)CC(=O)NC1[C@H](OCC2O[C@@H](O[Si](C)(C)C(C)(C)C)C(N=[N+]=[N-])[C@@H](O)[C@@H]2C)OC(COCc2ccccc2)[C@@H](OP2(=O)OCc3ccccc3CO2)[C@@H]1C. The van der Waals surface area contributed by atoms with Crippen LogP contribution in [0.3, 0.4) is 0 Å². The maximum Gasteiger partial charge on any atom is 0.475 e. The van der Waals surface area contributed by atoms with E-state index in [9.17, 15) is 24.8 Å². The van der Waals surface area contributed by atoms with E-state index in [1.807, 2.05) is 81.5 Å². The van der Waals surface area contributed by atoms with E-state index in [4.69, 9.17) is 41.7 Å². The zero-order valence-electron chi connectivity index (χ0n) is 37.3. The minimum atomic E-state index is -4.24. The van der Waals surface area contributed by atoms with E-state index in [-0.39, 0.29) is 50.9 Å². The molecular weight excluding hydrogens is 840 g/mol. The van der Waals surface area contributed by atoms with Crippen molar-refractivity contribution in [1.82, 2.24) is 5.32 Å². The van der Waals surface area contributed by atoms with E-state index < -0.39 is 95.0 Å². The first-order chi connectivity index (χ1) is 29.4. The molecule has 62 heavy (non-hydrogen) atoms. The Kier molecular flexibility index (Phi) is 17.8. The highest BCUT2D eigenvalue weighted by atomic mass is 31.2. The zero-order chi connectivity index (χ0) is 45.2. The van der Waals surface area contributed by atoms with Crippen LogP contribution in [0.25, 0.3) is 10.4 Å². The minimum Gasteiger partial charge on any atom is -0.462 e. The molecule has 3 aliphatic heterocycles. The number of azide groups is 1. The van der Waals surface area contributed by atoms with Crippen molar-refractivity contribution in [3.8, 4) is 0 Å². The first-order valence-electron chi connectivity index (χ1n) is 21.5. The Bertz CT molecular complexity index is 1850. The highest BCUT2D eigenvalue weighted by Gasteiger charge is 2.52. The number of hydrogen-bond acceptors (Lipinski definition) is 14. The molecule has 0 spiro atoms. The van der Waals surface area contributed by atoms with Gasteiger partial charge >= 0.3 is 13.8 Å². The summed E-state index contributed by atoms with van der Waals surface area (Å²) < 4.78 is 70.4. The van der Waals surface area contributed by atoms with Crippen LogP contribution in [0.5, 0.6) is 0 Å². The third kappa shape index (κ3) is 13.0. The molecule has 5 rings (SSSR count). The first-order valence-corrected chi connectivity index (χ1v) is 25.8. The van der Waals surface area contributed by atoms with E-state index in [2.05, 4.69) is 36.1 Å². The van der Waals surface area contributed by atoms with Gasteiger partial charge in [0.25, 0.3) is 0 Å². The molecule has 0 bridgehead atoms. The Morgan fingerprint density at radius 3 is 2.19 bits per heavy atom. The fourth-order valence-corrected chi connectivity index (χ4v) is 9.75. The molecule has 2 saturated heterocycles. The summed E-state index contributed by atoms with van der Waals surface area (Å²) in [7, 11) is -6.74. The third-order valence-corrected chi connectivity index (χ3v) is 18.1. The van der Waals surface area contributed by atoms with Crippen LogP contribution in [0.15, 0.2) is 59.7 Å². The smallest absolute Gasteiger partial charge is 0.462 e. The molecule has 2 N–H and O–H groups in total. The summed E-state index contributed by atoms with van der Waals surface area (Å²) in [6.45, 7) is 17.4. The quantitative estimate of drug-likeness (QED) is 0.0364. The molecule has 2 aromatic rings. The second-order valence-electron chi connectivity index (χ2n) is 17.7. The number of benzene rings is 2. The van der Waals surface area contributed by atoms with Gasteiger partial charge < -0.3 is 38.5 Å². The number of nitrogens with zero attached hydrogens (tertiary/aromatic N) is 3. The Morgan fingerprint density at radius 2 is 1.60 bits per heavy atom. The van der Waals surface area contributed by atoms with Crippen LogP contribution in [0.4, 0.5) is 0 Å². The topological polar surface area (TPSA) is 215 Å². The van der Waals surface area contributed by atoms with E-state index in [0.717, 1.165) is 16.7 Å². The monoisotopic (exact) mass is 904 g/mol. The van der Waals surface area contributed by atoms with Gasteiger partial charge in [0.2, 0.25) is 5.91 Å². The molecule has 2 aromatic carbocycles. The van der Waals surface area contributed by atoms with Gasteiger partial charge in [0.05, 0.1) is 57.7 Å². The standard InChI is InChI=1S/C43H65N4O13PSi/c1-10-32(56-36(49)11-2)21-35(48)45-37-28(4)40(59-61(51)54-23-30-19-15-16-20-31(30)24-55-61)34(25-52-22-29-17-13-12-14-18-29)58-41(37)53-26-33-27(3)39(50)38(46-47-44)42(57-33)60-62(8,9)43(5,6)7/h12-20,27-28,32-34,37-42,50H,10-11,21-26H2,1-9H3,(H,45,48)/t27-,28-,32-,33?,34?,37?,38?,39+,40+,41-,42+/m1/s1. The lowest BCUT2D eigenvalue weighted by molar-refractivity contribution is -0.282. The van der Waals surface area contributed by atoms with Crippen LogP contribution in [0.1, 0.15) is 84.4 Å². The van der Waals surface area contributed by atoms with Crippen molar-refractivity contribution in [1.29, 1.82) is 0 Å². The highest BCUT2D eigenvalue weighted by Crippen LogP contribution is 2.55. The van der Waals surface area contributed by atoms with Gasteiger partial charge in [-0.1, -0.05) is 108 Å². The molecule has 3 aliphatic rings. The van der Waals surface area contributed by atoms with Crippen molar-refractivity contribution in [2.75, 3.05) is 13.2 Å². The molecule has 1 amide bonds. The Hall–Kier alpha value is -3.22. The van der Waals surface area contributed by atoms with E-state index >= 15 is 0 Å². The molecule has 344 valence electrons. The molecule has 3 heterocycles. The molecule has 2 fully saturated rings. The summed E-state index contributed by atoms with van der Waals surface area (Å²) in [5.41, 5.74) is 12.0. The molecule has 0 saturated carbocycles. The number of nitrogens with one attached hydrogen (secondary N) is 1. The number of aliphatic hydroxyl groups is 1. The number of esters is 1. The molecule has 19 heteroatoms. The zero-order valence-corrected chi connectivity index (χ0v) is 39.2. The number of aliphatic hydroxyl groups excluding tert-OH is 1. The number of phosphoric acid groups is 1. The molecule has 0 aromatic heterocycles. The second kappa shape index (κ2) is 22.1. The number of phosphoric ester groups is 1. The van der Waals surface area contributed by atoms with Gasteiger partial charge in [-0.25, -0.2) is 4.57 Å². The van der Waals surface area contributed by atoms with Crippen molar-refractivity contribution < 1.29 is 60.9 Å². The summed E-state index contributed by atoms with van der Waals surface area (Å²) >= 11 is 0. The van der Waals surface area contributed by atoms with Crippen molar-refractivity contribution in [2.24, 2.45) is 17.0 Å². The van der Waals surface area contributed by atoms with Gasteiger partial charge in [-0.05, 0) is 46.8 Å². The Labute approximate surface area is 366 Å². The summed E-state index contributed by atoms with van der Waals surface area (Å²) in [4.78, 5) is 29.0. The fraction of sp³-hybridized carbons (Fsp3) is 0.674. The molecule has 4 unspecified atom stereocenters. The molecule has 17 nitrogen and oxygen atoms in total. The van der Waals surface area contributed by atoms with Gasteiger partial charge in [0.15, 0.2) is 20.9 Å². The fourth-order valence-electron chi connectivity index (χ4n) is 7.20. The summed E-state index contributed by atoms with van der Waals surface area (Å²) in [6.07, 6.45) is -6.36. The second-order valence-corrected chi connectivity index (χ2v) is 24.1. The van der Waals surface area contributed by atoms with Crippen LogP contribution < -0.4 is 5.32 Å². The summed E-state index contributed by atoms with van der Waals surface area (Å²) in [5.74, 6) is -2.14. The number of amides is 1. The Balaban J connectivity index is 1.44. The van der Waals surface area contributed by atoms with Crippen LogP contribution >= 0.6 is 7.82 Å². The molecule has 0 aliphatic carbocycles. The van der Waals surface area contributed by atoms with Crippen LogP contribution in [-0.4, -0.2) is 93.7 Å². The van der Waals surface area contributed by atoms with Gasteiger partial charge in [-0.3, -0.25) is 23.2 Å². The van der Waals surface area contributed by atoms with Crippen molar-refractivity contribution in [2.45, 2.75) is 161 Å². The van der Waals surface area contributed by atoms with Crippen LogP contribution in [0.2, 0.25) is 18.1 Å². The number of hydrogen-bond donors (Lipinski definition) is 2. The van der Waals surface area contributed by atoms with E-state index in [1.165, 1.54) is 0 Å². The largest absolute Gasteiger partial charge is 0.475 e. The molecule has 0 radical (unpaired) electrons. The third-order valence-electron chi connectivity index (χ3n) is 12.2. The van der Waals surface area contributed by atoms with Crippen molar-refractivity contribution in [3.05, 3.63) is 81.7 Å². The number of carbonyl (C=O) groups excluding carboxylic acids is 2. The summed E-state index contributed by atoms with van der Waals surface area (Å²) in [5, 5.41) is 18.2. The van der Waals surface area contributed by atoms with Crippen LogP contribution in [-0.2, 0) is 75.7 Å². The van der Waals surface area contributed by atoms with Gasteiger partial charge in [0.1, 0.15) is 24.4 Å². The first kappa shape index (κ1) is 49.8. The maximum absolute atomic E-state index is 14.4. The van der Waals surface area contributed by atoms with Crippen LogP contribution in [0, 0.1) is 11.8 Å². The van der Waals surface area contributed by atoms with Gasteiger partial charge in [-0.15, -0.1) is 0 Å². The van der Waals surface area contributed by atoms with Gasteiger partial charge in [-0.2, -0.15) is 0 Å². The highest BCUT2D eigenvalue weighted by molar-refractivity contribution is 7.48. The normalized spacial score (nSPS) is 29.3. The molecular formula is C43H65N4O13PSi. The summed E-state index contributed by atoms with van der Waals surface area (Å²) in [6, 6.07) is 15.1. The predicted molar refractivity (Wildman–Crippen MR) is 230 cm³/mol. The molecule has 11 atom stereocenters. The lowest BCUT2D eigenvalue weighted by Gasteiger charge is -2.48. The lowest BCUT2D eigenvalue weighted by Crippen LogP contribution is -2.63. The van der Waals surface area contributed by atoms with Gasteiger partial charge in [0, 0.05) is 23.2 Å². The average molecular weight is 905 g/mol. The number of ether oxygens (including phenoxy) is 5. The maximum atomic E-state index is 14.4. The number of carbonyl (C=O) groups is 2. The Morgan fingerprint density at radius 1 is 0.968 bits per heavy atom. The van der Waals surface area contributed by atoms with E-state index in [1.54, 1.807) is 13.8 Å². The van der Waals surface area contributed by atoms with E-state index in [0.29, 0.717) is 6.42 Å². The van der Waals surface area contributed by atoms with Crippen molar-refractivity contribution in [3.63, 3.8) is 0 Å².